The lowest BCUT2D eigenvalue weighted by Gasteiger charge is -2.16. The van der Waals surface area contributed by atoms with Gasteiger partial charge in [0.05, 0.1) is 18.7 Å². The Morgan fingerprint density at radius 3 is 2.90 bits per heavy atom. The molecule has 2 aromatic rings. The molecule has 3 rings (SSSR count). The Kier molecular flexibility index (Phi) is 3.33. The smallest absolute Gasteiger partial charge is 0.254 e. The molecule has 4 nitrogen and oxygen atoms in total. The minimum atomic E-state index is -0.0232. The number of nitrogens with zero attached hydrogens (tertiary/aromatic N) is 2. The number of carbonyl (C=O) groups is 1. The van der Waals surface area contributed by atoms with Gasteiger partial charge in [0.25, 0.3) is 5.91 Å². The number of ether oxygens (including phenoxy) is 1. The quantitative estimate of drug-likeness (QED) is 0.867. The fraction of sp³-hybridized carbons (Fsp3) is 0.176. The summed E-state index contributed by atoms with van der Waals surface area (Å²) in [7, 11) is 1.62. The maximum absolute atomic E-state index is 12.4. The lowest BCUT2D eigenvalue weighted by atomic mass is 10.1. The van der Waals surface area contributed by atoms with Crippen molar-refractivity contribution in [3.8, 4) is 11.8 Å². The predicted octanol–water partition coefficient (Wildman–Crippen LogP) is 2.72. The second-order valence-electron chi connectivity index (χ2n) is 5.00. The number of amides is 1. The minimum Gasteiger partial charge on any atom is -0.497 e. The third-order valence-electron chi connectivity index (χ3n) is 3.63. The van der Waals surface area contributed by atoms with Crippen molar-refractivity contribution < 1.29 is 9.53 Å². The Morgan fingerprint density at radius 2 is 2.14 bits per heavy atom. The first-order valence-corrected chi connectivity index (χ1v) is 6.66. The third kappa shape index (κ3) is 2.46. The van der Waals surface area contributed by atoms with Crippen LogP contribution in [0.15, 0.2) is 42.5 Å². The largest absolute Gasteiger partial charge is 0.497 e. The number of methoxy groups -OCH3 is 1. The Bertz CT molecular complexity index is 747. The van der Waals surface area contributed by atoms with Gasteiger partial charge in [0.2, 0.25) is 0 Å². The molecule has 1 amide bonds. The van der Waals surface area contributed by atoms with Crippen LogP contribution in [0.25, 0.3) is 0 Å². The monoisotopic (exact) mass is 278 g/mol. The Balaban J connectivity index is 1.83. The molecule has 104 valence electrons. The van der Waals surface area contributed by atoms with E-state index in [4.69, 9.17) is 10.00 Å². The van der Waals surface area contributed by atoms with E-state index in [0.717, 1.165) is 16.9 Å². The average Bonchev–Trinajstić information content (AvgIpc) is 2.83. The van der Waals surface area contributed by atoms with Crippen molar-refractivity contribution in [2.75, 3.05) is 7.11 Å². The molecule has 0 aromatic heterocycles. The van der Waals surface area contributed by atoms with Crippen LogP contribution in [0.2, 0.25) is 0 Å². The van der Waals surface area contributed by atoms with Gasteiger partial charge in [-0.15, -0.1) is 0 Å². The highest BCUT2D eigenvalue weighted by atomic mass is 16.5. The van der Waals surface area contributed by atoms with Gasteiger partial charge in [0.1, 0.15) is 5.75 Å². The second-order valence-corrected chi connectivity index (χ2v) is 5.00. The summed E-state index contributed by atoms with van der Waals surface area (Å²) in [6.07, 6.45) is 0. The second kappa shape index (κ2) is 5.29. The van der Waals surface area contributed by atoms with Crippen molar-refractivity contribution in [2.24, 2.45) is 0 Å². The number of nitriles is 1. The van der Waals surface area contributed by atoms with Crippen molar-refractivity contribution in [3.63, 3.8) is 0 Å². The summed E-state index contributed by atoms with van der Waals surface area (Å²) in [4.78, 5) is 14.2. The van der Waals surface area contributed by atoms with Crippen LogP contribution in [0.1, 0.15) is 27.0 Å². The van der Waals surface area contributed by atoms with Crippen LogP contribution in [-0.2, 0) is 13.1 Å². The van der Waals surface area contributed by atoms with Crippen LogP contribution in [0.3, 0.4) is 0 Å². The molecule has 21 heavy (non-hydrogen) atoms. The van der Waals surface area contributed by atoms with Crippen LogP contribution in [0.4, 0.5) is 0 Å². The average molecular weight is 278 g/mol. The van der Waals surface area contributed by atoms with Gasteiger partial charge in [0.15, 0.2) is 0 Å². The molecule has 0 N–H and O–H groups in total. The molecule has 0 unspecified atom stereocenters. The summed E-state index contributed by atoms with van der Waals surface area (Å²) < 4.78 is 5.20. The van der Waals surface area contributed by atoms with Gasteiger partial charge in [-0.1, -0.05) is 18.2 Å². The van der Waals surface area contributed by atoms with Crippen molar-refractivity contribution in [2.45, 2.75) is 13.1 Å². The fourth-order valence-electron chi connectivity index (χ4n) is 2.55. The molecule has 0 fully saturated rings. The van der Waals surface area contributed by atoms with E-state index in [-0.39, 0.29) is 5.91 Å². The van der Waals surface area contributed by atoms with Crippen LogP contribution in [-0.4, -0.2) is 17.9 Å². The van der Waals surface area contributed by atoms with Gasteiger partial charge in [-0.2, -0.15) is 5.26 Å². The summed E-state index contributed by atoms with van der Waals surface area (Å²) in [5.74, 6) is 0.758. The van der Waals surface area contributed by atoms with Gasteiger partial charge in [0, 0.05) is 18.7 Å². The van der Waals surface area contributed by atoms with Crippen LogP contribution in [0.5, 0.6) is 5.75 Å². The van der Waals surface area contributed by atoms with E-state index in [9.17, 15) is 4.79 Å². The van der Waals surface area contributed by atoms with Gasteiger partial charge < -0.3 is 9.64 Å². The lowest BCUT2D eigenvalue weighted by molar-refractivity contribution is 0.0766. The van der Waals surface area contributed by atoms with E-state index < -0.39 is 0 Å². The SMILES string of the molecule is COc1cccc(CN2Cc3ccc(C#N)cc3C2=O)c1. The zero-order valence-electron chi connectivity index (χ0n) is 11.7. The van der Waals surface area contributed by atoms with E-state index in [1.807, 2.05) is 30.3 Å². The van der Waals surface area contributed by atoms with Crippen molar-refractivity contribution in [1.29, 1.82) is 5.26 Å². The number of fused-ring (bicyclic) bond motifs is 1. The molecule has 0 saturated carbocycles. The number of carbonyl (C=O) groups excluding carboxylic acids is 1. The molecule has 2 aromatic carbocycles. The van der Waals surface area contributed by atoms with Gasteiger partial charge in [-0.3, -0.25) is 4.79 Å². The molecule has 1 aliphatic heterocycles. The number of hydrogen-bond donors (Lipinski definition) is 0. The van der Waals surface area contributed by atoms with E-state index in [0.29, 0.717) is 24.2 Å². The maximum Gasteiger partial charge on any atom is 0.254 e. The molecule has 0 radical (unpaired) electrons. The van der Waals surface area contributed by atoms with Crippen LogP contribution < -0.4 is 4.74 Å². The molecule has 0 atom stereocenters. The summed E-state index contributed by atoms with van der Waals surface area (Å²) >= 11 is 0. The van der Waals surface area contributed by atoms with Gasteiger partial charge in [-0.05, 0) is 35.4 Å². The summed E-state index contributed by atoms with van der Waals surface area (Å²) in [5.41, 5.74) is 3.15. The molecule has 1 aliphatic rings. The van der Waals surface area contributed by atoms with E-state index in [1.54, 1.807) is 24.1 Å². The molecule has 0 saturated heterocycles. The number of hydrogen-bond acceptors (Lipinski definition) is 3. The summed E-state index contributed by atoms with van der Waals surface area (Å²) in [6.45, 7) is 1.11. The Morgan fingerprint density at radius 1 is 1.29 bits per heavy atom. The highest BCUT2D eigenvalue weighted by Crippen LogP contribution is 2.26. The third-order valence-corrected chi connectivity index (χ3v) is 3.63. The normalized spacial score (nSPS) is 13.0. The topological polar surface area (TPSA) is 53.3 Å². The summed E-state index contributed by atoms with van der Waals surface area (Å²) in [5, 5.41) is 8.93. The maximum atomic E-state index is 12.4. The zero-order chi connectivity index (χ0) is 14.8. The molecule has 0 spiro atoms. The van der Waals surface area contributed by atoms with Crippen LogP contribution in [0, 0.1) is 11.3 Å². The first-order valence-electron chi connectivity index (χ1n) is 6.66. The minimum absolute atomic E-state index is 0.0232. The molecule has 4 heteroatoms. The van der Waals surface area contributed by atoms with Crippen molar-refractivity contribution >= 4 is 5.91 Å². The van der Waals surface area contributed by atoms with Gasteiger partial charge in [-0.25, -0.2) is 0 Å². The van der Waals surface area contributed by atoms with E-state index in [1.165, 1.54) is 0 Å². The zero-order valence-corrected chi connectivity index (χ0v) is 11.7. The molecule has 0 aliphatic carbocycles. The summed E-state index contributed by atoms with van der Waals surface area (Å²) in [6, 6.07) is 15.0. The van der Waals surface area contributed by atoms with Crippen molar-refractivity contribution in [3.05, 3.63) is 64.7 Å². The Labute approximate surface area is 123 Å². The molecule has 0 bridgehead atoms. The van der Waals surface area contributed by atoms with Gasteiger partial charge >= 0.3 is 0 Å². The van der Waals surface area contributed by atoms with E-state index in [2.05, 4.69) is 6.07 Å². The fourth-order valence-corrected chi connectivity index (χ4v) is 2.55. The van der Waals surface area contributed by atoms with Crippen LogP contribution >= 0.6 is 0 Å². The molecule has 1 heterocycles. The van der Waals surface area contributed by atoms with E-state index >= 15 is 0 Å². The highest BCUT2D eigenvalue weighted by Gasteiger charge is 2.27. The number of rotatable bonds is 3. The standard InChI is InChI=1S/C17H14N2O2/c1-21-15-4-2-3-13(7-15)10-19-11-14-6-5-12(9-18)8-16(14)17(19)20/h2-8H,10-11H2,1H3. The number of benzene rings is 2. The first kappa shape index (κ1) is 13.2. The first-order chi connectivity index (χ1) is 10.2. The molecular formula is C17H14N2O2. The highest BCUT2D eigenvalue weighted by molar-refractivity contribution is 5.98. The lowest BCUT2D eigenvalue weighted by Crippen LogP contribution is -2.23. The van der Waals surface area contributed by atoms with Crippen molar-refractivity contribution in [1.82, 2.24) is 4.90 Å². The predicted molar refractivity (Wildman–Crippen MR) is 77.7 cm³/mol. The Hall–Kier alpha value is -2.80. The molecular weight excluding hydrogens is 264 g/mol.